The van der Waals surface area contributed by atoms with Crippen LogP contribution in [-0.2, 0) is 28.9 Å². The minimum absolute atomic E-state index is 0.0359. The van der Waals surface area contributed by atoms with Crippen LogP contribution in [0.2, 0.25) is 0 Å². The molecule has 0 bridgehead atoms. The van der Waals surface area contributed by atoms with Gasteiger partial charge in [-0.3, -0.25) is 0 Å². The van der Waals surface area contributed by atoms with Gasteiger partial charge in [-0.25, -0.2) is 18.4 Å². The summed E-state index contributed by atoms with van der Waals surface area (Å²) in [5.74, 6) is 1.49. The molecule has 0 spiro atoms. The second-order valence-corrected chi connectivity index (χ2v) is 7.84. The maximum absolute atomic E-state index is 12.8. The molecule has 1 aliphatic heterocycles. The van der Waals surface area contributed by atoms with E-state index in [9.17, 15) is 8.42 Å². The fourth-order valence-electron chi connectivity index (χ4n) is 2.97. The van der Waals surface area contributed by atoms with Crippen molar-refractivity contribution in [2.45, 2.75) is 30.8 Å². The van der Waals surface area contributed by atoms with Crippen molar-refractivity contribution in [1.82, 2.24) is 23.8 Å². The van der Waals surface area contributed by atoms with E-state index in [-0.39, 0.29) is 10.9 Å². The largest absolute Gasteiger partial charge is 0.381 e. The molecule has 1 atom stereocenters. The first-order valence-corrected chi connectivity index (χ1v) is 9.44. The van der Waals surface area contributed by atoms with E-state index in [0.29, 0.717) is 24.9 Å². The first-order valence-electron chi connectivity index (χ1n) is 7.96. The Bertz CT molecular complexity index is 785. The van der Waals surface area contributed by atoms with E-state index >= 15 is 0 Å². The number of hydrogen-bond donors (Lipinski definition) is 1. The predicted molar refractivity (Wildman–Crippen MR) is 87.8 cm³/mol. The Hall–Kier alpha value is -1.71. The third-order valence-corrected chi connectivity index (χ3v) is 5.83. The smallest absolute Gasteiger partial charge is 0.260 e. The van der Waals surface area contributed by atoms with Crippen LogP contribution in [0, 0.1) is 12.8 Å². The summed E-state index contributed by atoms with van der Waals surface area (Å²) >= 11 is 0. The number of sulfonamides is 1. The summed E-state index contributed by atoms with van der Waals surface area (Å²) in [5.41, 5.74) is 0. The summed E-state index contributed by atoms with van der Waals surface area (Å²) in [5, 5.41) is 0.0359. The molecule has 9 heteroatoms. The lowest BCUT2D eigenvalue weighted by Gasteiger charge is -2.30. The van der Waals surface area contributed by atoms with E-state index in [2.05, 4.69) is 14.7 Å². The number of hydrogen-bond acceptors (Lipinski definition) is 5. The van der Waals surface area contributed by atoms with Crippen LogP contribution >= 0.6 is 0 Å². The van der Waals surface area contributed by atoms with Crippen molar-refractivity contribution in [2.24, 2.45) is 20.0 Å². The van der Waals surface area contributed by atoms with Gasteiger partial charge in [-0.05, 0) is 25.7 Å². The molecule has 1 aliphatic rings. The fourth-order valence-corrected chi connectivity index (χ4v) is 4.27. The Labute approximate surface area is 141 Å². The van der Waals surface area contributed by atoms with E-state index in [1.807, 2.05) is 17.8 Å². The highest BCUT2D eigenvalue weighted by atomic mass is 32.2. The number of aryl methyl sites for hydroxylation is 3. The molecule has 132 valence electrons. The molecule has 2 aromatic rings. The number of ether oxygens (including phenoxy) is 1. The molecule has 3 rings (SSSR count). The molecule has 0 aromatic carbocycles. The van der Waals surface area contributed by atoms with Crippen molar-refractivity contribution in [3.05, 3.63) is 30.2 Å². The molecule has 0 radical (unpaired) electrons. The Balaban J connectivity index is 1.92. The molecule has 1 unspecified atom stereocenters. The van der Waals surface area contributed by atoms with Crippen LogP contribution in [0.25, 0.3) is 0 Å². The summed E-state index contributed by atoms with van der Waals surface area (Å²) in [6.45, 7) is 3.04. The van der Waals surface area contributed by atoms with Gasteiger partial charge in [0, 0.05) is 45.9 Å². The molecular weight excluding hydrogens is 330 g/mol. The fraction of sp³-hybridized carbons (Fsp3) is 0.600. The Morgan fingerprint density at radius 1 is 1.29 bits per heavy atom. The zero-order chi connectivity index (χ0) is 17.3. The summed E-state index contributed by atoms with van der Waals surface area (Å²) in [6.07, 6.45) is 6.61. The van der Waals surface area contributed by atoms with Crippen molar-refractivity contribution in [3.8, 4) is 0 Å². The molecule has 0 saturated carbocycles. The molecule has 8 nitrogen and oxygen atoms in total. The monoisotopic (exact) mass is 353 g/mol. The molecular formula is C15H23N5O3S. The van der Waals surface area contributed by atoms with Gasteiger partial charge in [0.15, 0.2) is 5.03 Å². The molecule has 0 aliphatic carbocycles. The van der Waals surface area contributed by atoms with E-state index < -0.39 is 16.1 Å². The third-order valence-electron chi connectivity index (χ3n) is 4.52. The van der Waals surface area contributed by atoms with E-state index in [1.165, 1.54) is 6.20 Å². The van der Waals surface area contributed by atoms with Gasteiger partial charge in [0.2, 0.25) is 0 Å². The summed E-state index contributed by atoms with van der Waals surface area (Å²) in [6, 6.07) is -0.402. The molecule has 2 aromatic heterocycles. The molecule has 0 amide bonds. The van der Waals surface area contributed by atoms with Crippen LogP contribution < -0.4 is 4.72 Å². The number of nitrogens with zero attached hydrogens (tertiary/aromatic N) is 4. The molecule has 24 heavy (non-hydrogen) atoms. The Morgan fingerprint density at radius 2 is 2.00 bits per heavy atom. The van der Waals surface area contributed by atoms with Crippen LogP contribution in [0.15, 0.2) is 23.6 Å². The minimum atomic E-state index is -3.73. The number of imidazole rings is 2. The Kier molecular flexibility index (Phi) is 4.75. The van der Waals surface area contributed by atoms with E-state index in [4.69, 9.17) is 4.74 Å². The van der Waals surface area contributed by atoms with Gasteiger partial charge in [0.1, 0.15) is 11.6 Å². The lowest BCUT2D eigenvalue weighted by Crippen LogP contribution is -2.37. The predicted octanol–water partition coefficient (Wildman–Crippen LogP) is 0.908. The number of aromatic nitrogens is 4. The van der Waals surface area contributed by atoms with Crippen molar-refractivity contribution in [3.63, 3.8) is 0 Å². The van der Waals surface area contributed by atoms with E-state index in [1.54, 1.807) is 24.7 Å². The number of nitrogens with one attached hydrogen (secondary N) is 1. The van der Waals surface area contributed by atoms with Gasteiger partial charge in [0.05, 0.1) is 6.04 Å². The molecule has 3 heterocycles. The summed E-state index contributed by atoms with van der Waals surface area (Å²) in [7, 11) is -0.0866. The topological polar surface area (TPSA) is 91.0 Å². The highest BCUT2D eigenvalue weighted by molar-refractivity contribution is 7.89. The van der Waals surface area contributed by atoms with Gasteiger partial charge in [-0.1, -0.05) is 0 Å². The Morgan fingerprint density at radius 3 is 2.54 bits per heavy atom. The van der Waals surface area contributed by atoms with Gasteiger partial charge in [-0.15, -0.1) is 0 Å². The maximum Gasteiger partial charge on any atom is 0.260 e. The van der Waals surface area contributed by atoms with E-state index in [0.717, 1.165) is 12.8 Å². The first-order chi connectivity index (χ1) is 11.4. The second kappa shape index (κ2) is 6.66. The summed E-state index contributed by atoms with van der Waals surface area (Å²) in [4.78, 5) is 8.51. The SMILES string of the molecule is Cc1nc(S(=O)(=O)NC(c2nccn2C)C2CCOCC2)cn1C. The zero-order valence-electron chi connectivity index (χ0n) is 14.1. The van der Waals surface area contributed by atoms with Crippen molar-refractivity contribution < 1.29 is 13.2 Å². The molecule has 1 N–H and O–H groups in total. The van der Waals surface area contributed by atoms with Crippen LogP contribution in [0.1, 0.15) is 30.5 Å². The van der Waals surface area contributed by atoms with Gasteiger partial charge in [0.25, 0.3) is 10.0 Å². The average molecular weight is 353 g/mol. The minimum Gasteiger partial charge on any atom is -0.381 e. The van der Waals surface area contributed by atoms with Crippen LogP contribution in [0.4, 0.5) is 0 Å². The van der Waals surface area contributed by atoms with Gasteiger partial charge < -0.3 is 13.9 Å². The van der Waals surface area contributed by atoms with Crippen LogP contribution in [0.5, 0.6) is 0 Å². The molecule has 1 saturated heterocycles. The zero-order valence-corrected chi connectivity index (χ0v) is 15.0. The van der Waals surface area contributed by atoms with Gasteiger partial charge >= 0.3 is 0 Å². The van der Waals surface area contributed by atoms with Crippen molar-refractivity contribution in [2.75, 3.05) is 13.2 Å². The summed E-state index contributed by atoms with van der Waals surface area (Å²) < 4.78 is 37.4. The van der Waals surface area contributed by atoms with Crippen LogP contribution in [0.3, 0.4) is 0 Å². The highest BCUT2D eigenvalue weighted by Crippen LogP contribution is 2.30. The van der Waals surface area contributed by atoms with Gasteiger partial charge in [-0.2, -0.15) is 4.72 Å². The second-order valence-electron chi connectivity index (χ2n) is 6.18. The molecule has 1 fully saturated rings. The lowest BCUT2D eigenvalue weighted by molar-refractivity contribution is 0.0551. The number of rotatable bonds is 5. The van der Waals surface area contributed by atoms with Crippen molar-refractivity contribution >= 4 is 10.0 Å². The quantitative estimate of drug-likeness (QED) is 0.863. The maximum atomic E-state index is 12.8. The standard InChI is InChI=1S/C15H23N5O3S/c1-11-17-13(10-20(11)3)24(21,22)18-14(12-4-8-23-9-5-12)15-16-6-7-19(15)2/h6-7,10,12,14,18H,4-5,8-9H2,1-3H3. The average Bonchev–Trinajstić information content (AvgIpc) is 3.12. The van der Waals surface area contributed by atoms with Crippen LogP contribution in [-0.4, -0.2) is 40.7 Å². The normalized spacial score (nSPS) is 18.0. The lowest BCUT2D eigenvalue weighted by atomic mass is 9.92. The highest BCUT2D eigenvalue weighted by Gasteiger charge is 2.33. The first kappa shape index (κ1) is 17.1. The van der Waals surface area contributed by atoms with Crippen molar-refractivity contribution in [1.29, 1.82) is 0 Å². The third kappa shape index (κ3) is 3.38.